The largest absolute Gasteiger partial charge is 0.573 e. The second kappa shape index (κ2) is 7.87. The number of aromatic nitrogens is 4. The van der Waals surface area contributed by atoms with E-state index in [2.05, 4.69) is 19.9 Å². The van der Waals surface area contributed by atoms with Gasteiger partial charge in [-0.1, -0.05) is 29.4 Å². The summed E-state index contributed by atoms with van der Waals surface area (Å²) < 4.78 is 56.7. The Hall–Kier alpha value is -4.41. The van der Waals surface area contributed by atoms with Crippen molar-refractivity contribution in [1.82, 2.24) is 19.6 Å². The SMILES string of the molecule is CN(c1cccc(-c2ccc(OC(F)(F)F)cc2)c1)c1nc2nnc(F)n2c2cc(N)ccc12. The number of rotatable bonds is 4. The van der Waals surface area contributed by atoms with Gasteiger partial charge in [0.1, 0.15) is 11.6 Å². The highest BCUT2D eigenvalue weighted by Crippen LogP contribution is 2.34. The van der Waals surface area contributed by atoms with Crippen LogP contribution in [0, 0.1) is 6.08 Å². The van der Waals surface area contributed by atoms with Crippen molar-refractivity contribution in [2.24, 2.45) is 0 Å². The molecule has 0 atom stereocenters. The molecular weight excluding hydrogens is 452 g/mol. The molecule has 0 saturated heterocycles. The van der Waals surface area contributed by atoms with Crippen molar-refractivity contribution in [1.29, 1.82) is 0 Å². The molecule has 34 heavy (non-hydrogen) atoms. The molecular formula is C23H16F4N6O. The van der Waals surface area contributed by atoms with Crippen LogP contribution in [0.4, 0.5) is 34.8 Å². The summed E-state index contributed by atoms with van der Waals surface area (Å²) in [6.45, 7) is 0. The van der Waals surface area contributed by atoms with Crippen LogP contribution in [0.3, 0.4) is 0 Å². The molecule has 0 bridgehead atoms. The third kappa shape index (κ3) is 3.91. The van der Waals surface area contributed by atoms with Crippen LogP contribution in [-0.4, -0.2) is 33.0 Å². The number of anilines is 3. The minimum atomic E-state index is -4.75. The van der Waals surface area contributed by atoms with Crippen molar-refractivity contribution in [3.8, 4) is 16.9 Å². The number of halogens is 4. The van der Waals surface area contributed by atoms with Gasteiger partial charge in [-0.3, -0.25) is 0 Å². The van der Waals surface area contributed by atoms with E-state index < -0.39 is 12.4 Å². The first-order valence-corrected chi connectivity index (χ1v) is 9.99. The van der Waals surface area contributed by atoms with Gasteiger partial charge in [-0.15, -0.1) is 18.3 Å². The fourth-order valence-corrected chi connectivity index (χ4v) is 3.74. The maximum absolute atomic E-state index is 14.2. The molecule has 2 N–H and O–H groups in total. The van der Waals surface area contributed by atoms with Crippen LogP contribution in [0.15, 0.2) is 66.7 Å². The molecule has 0 unspecified atom stereocenters. The van der Waals surface area contributed by atoms with E-state index in [4.69, 9.17) is 5.73 Å². The Bertz CT molecular complexity index is 1510. The lowest BCUT2D eigenvalue weighted by Crippen LogP contribution is -2.16. The number of fused-ring (bicyclic) bond motifs is 3. The lowest BCUT2D eigenvalue weighted by molar-refractivity contribution is -0.274. The minimum Gasteiger partial charge on any atom is -0.406 e. The zero-order chi connectivity index (χ0) is 24.0. The summed E-state index contributed by atoms with van der Waals surface area (Å²) in [5.41, 5.74) is 9.04. The molecule has 0 saturated carbocycles. The van der Waals surface area contributed by atoms with E-state index in [1.807, 2.05) is 24.3 Å². The van der Waals surface area contributed by atoms with Gasteiger partial charge in [-0.25, -0.2) is 4.40 Å². The molecule has 172 valence electrons. The topological polar surface area (TPSA) is 81.6 Å². The molecule has 0 amide bonds. The summed E-state index contributed by atoms with van der Waals surface area (Å²) in [5, 5.41) is 7.90. The quantitative estimate of drug-likeness (QED) is 0.284. The fourth-order valence-electron chi connectivity index (χ4n) is 3.74. The second-order valence-corrected chi connectivity index (χ2v) is 7.50. The minimum absolute atomic E-state index is 0.0776. The van der Waals surface area contributed by atoms with Crippen LogP contribution in [0.5, 0.6) is 5.75 Å². The van der Waals surface area contributed by atoms with Crippen LogP contribution >= 0.6 is 0 Å². The third-order valence-corrected chi connectivity index (χ3v) is 5.29. The standard InChI is InChI=1S/C23H16F4N6O/c1-32(20-18-10-7-15(28)12-19(18)33-21(24)30-31-22(33)29-20)16-4-2-3-14(11-16)13-5-8-17(9-6-13)34-23(25,26)27/h2-12H,28H2,1H3. The lowest BCUT2D eigenvalue weighted by atomic mass is 10.0. The van der Waals surface area contributed by atoms with Gasteiger partial charge in [-0.05, 0) is 53.6 Å². The number of nitrogens with two attached hydrogens (primary N) is 1. The number of nitrogen functional groups attached to an aromatic ring is 1. The summed E-state index contributed by atoms with van der Waals surface area (Å²) in [7, 11) is 1.79. The average Bonchev–Trinajstić information content (AvgIpc) is 3.18. The van der Waals surface area contributed by atoms with Crippen LogP contribution in [-0.2, 0) is 0 Å². The number of nitrogens with zero attached hydrogens (tertiary/aromatic N) is 5. The molecule has 7 nitrogen and oxygen atoms in total. The Morgan fingerprint density at radius 1 is 0.941 bits per heavy atom. The third-order valence-electron chi connectivity index (χ3n) is 5.29. The maximum atomic E-state index is 14.2. The Kier molecular flexibility index (Phi) is 4.96. The molecule has 0 aliphatic heterocycles. The predicted octanol–water partition coefficient (Wildman–Crippen LogP) is 5.33. The molecule has 11 heteroatoms. The smallest absolute Gasteiger partial charge is 0.406 e. The van der Waals surface area contributed by atoms with Crippen molar-refractivity contribution < 1.29 is 22.3 Å². The highest BCUT2D eigenvalue weighted by molar-refractivity contribution is 5.95. The van der Waals surface area contributed by atoms with Gasteiger partial charge in [0.25, 0.3) is 5.78 Å². The van der Waals surface area contributed by atoms with Gasteiger partial charge in [0.2, 0.25) is 0 Å². The number of alkyl halides is 3. The number of hydrogen-bond donors (Lipinski definition) is 1. The van der Waals surface area contributed by atoms with Crippen LogP contribution in [0.2, 0.25) is 0 Å². The zero-order valence-corrected chi connectivity index (χ0v) is 17.6. The second-order valence-electron chi connectivity index (χ2n) is 7.50. The number of hydrogen-bond acceptors (Lipinski definition) is 6. The van der Waals surface area contributed by atoms with Crippen molar-refractivity contribution in [3.63, 3.8) is 0 Å². The average molecular weight is 468 g/mol. The normalized spacial score (nSPS) is 11.8. The summed E-state index contributed by atoms with van der Waals surface area (Å²) in [6.07, 6.45) is -5.55. The molecule has 0 radical (unpaired) electrons. The summed E-state index contributed by atoms with van der Waals surface area (Å²) in [6, 6.07) is 18.0. The summed E-state index contributed by atoms with van der Waals surface area (Å²) in [5.74, 6) is 0.281. The first kappa shape index (κ1) is 21.4. The van der Waals surface area contributed by atoms with Gasteiger partial charge in [0, 0.05) is 23.8 Å². The number of benzene rings is 3. The summed E-state index contributed by atoms with van der Waals surface area (Å²) >= 11 is 0. The molecule has 2 heterocycles. The van der Waals surface area contributed by atoms with E-state index in [9.17, 15) is 17.6 Å². The van der Waals surface area contributed by atoms with Gasteiger partial charge in [-0.2, -0.15) is 9.37 Å². The molecule has 3 aromatic carbocycles. The molecule has 2 aromatic heterocycles. The number of ether oxygens (including phenoxy) is 1. The van der Waals surface area contributed by atoms with E-state index >= 15 is 0 Å². The Morgan fingerprint density at radius 3 is 2.44 bits per heavy atom. The van der Waals surface area contributed by atoms with E-state index in [0.717, 1.165) is 11.3 Å². The van der Waals surface area contributed by atoms with Crippen LogP contribution in [0.25, 0.3) is 27.8 Å². The molecule has 5 aromatic rings. The van der Waals surface area contributed by atoms with Crippen molar-refractivity contribution in [2.75, 3.05) is 17.7 Å². The highest BCUT2D eigenvalue weighted by Gasteiger charge is 2.31. The predicted molar refractivity (Wildman–Crippen MR) is 119 cm³/mol. The first-order valence-electron chi connectivity index (χ1n) is 9.99. The van der Waals surface area contributed by atoms with Crippen molar-refractivity contribution in [2.45, 2.75) is 6.36 Å². The molecule has 0 fully saturated rings. The lowest BCUT2D eigenvalue weighted by Gasteiger charge is -2.21. The monoisotopic (exact) mass is 468 g/mol. The van der Waals surface area contributed by atoms with Crippen LogP contribution in [0.1, 0.15) is 0 Å². The molecule has 0 aliphatic rings. The van der Waals surface area contributed by atoms with Crippen molar-refractivity contribution >= 4 is 33.9 Å². The molecule has 0 aliphatic carbocycles. The Morgan fingerprint density at radius 2 is 1.71 bits per heavy atom. The molecule has 5 rings (SSSR count). The zero-order valence-electron chi connectivity index (χ0n) is 17.6. The Balaban J connectivity index is 1.55. The van der Waals surface area contributed by atoms with Gasteiger partial charge >= 0.3 is 12.4 Å². The maximum Gasteiger partial charge on any atom is 0.573 e. The first-order chi connectivity index (χ1) is 16.2. The van der Waals surface area contributed by atoms with Gasteiger partial charge in [0.15, 0.2) is 0 Å². The van der Waals surface area contributed by atoms with Gasteiger partial charge < -0.3 is 15.4 Å². The van der Waals surface area contributed by atoms with E-state index in [1.165, 1.54) is 16.5 Å². The highest BCUT2D eigenvalue weighted by atomic mass is 19.4. The fraction of sp³-hybridized carbons (Fsp3) is 0.0870. The summed E-state index contributed by atoms with van der Waals surface area (Å²) in [4.78, 5) is 6.29. The van der Waals surface area contributed by atoms with Crippen LogP contribution < -0.4 is 15.4 Å². The van der Waals surface area contributed by atoms with E-state index in [1.54, 1.807) is 42.3 Å². The Labute approximate surface area is 190 Å². The van der Waals surface area contributed by atoms with Crippen molar-refractivity contribution in [3.05, 3.63) is 72.8 Å². The molecule has 0 spiro atoms. The van der Waals surface area contributed by atoms with E-state index in [0.29, 0.717) is 28.0 Å². The van der Waals surface area contributed by atoms with E-state index in [-0.39, 0.29) is 11.5 Å². The van der Waals surface area contributed by atoms with Gasteiger partial charge in [0.05, 0.1) is 5.52 Å².